The molecule has 5 heteroatoms. The molecule has 3 rings (SSSR count). The molecule has 0 saturated carbocycles. The zero-order chi connectivity index (χ0) is 17.6. The van der Waals surface area contributed by atoms with Crippen LogP contribution in [0, 0.1) is 0 Å². The number of rotatable bonds is 5. The molecule has 0 radical (unpaired) electrons. The standard InChI is InChI=1S/C20H16N2O3/c1-15(23)17-8-10-19(11-9-17)25-20(24)12-7-16-13-21-22(14-16)18-5-3-2-4-6-18/h2-14H,1H3/b12-7+. The summed E-state index contributed by atoms with van der Waals surface area (Å²) in [4.78, 5) is 23.1. The molecule has 2 aromatic carbocycles. The summed E-state index contributed by atoms with van der Waals surface area (Å²) in [7, 11) is 0. The number of Topliss-reactive ketones (excluding diaryl/α,β-unsaturated/α-hetero) is 1. The van der Waals surface area contributed by atoms with Crippen molar-refractivity contribution in [1.29, 1.82) is 0 Å². The third kappa shape index (κ3) is 4.29. The number of hydrogen-bond acceptors (Lipinski definition) is 4. The highest BCUT2D eigenvalue weighted by molar-refractivity contribution is 5.94. The normalized spacial score (nSPS) is 10.8. The largest absolute Gasteiger partial charge is 0.423 e. The molecule has 0 spiro atoms. The molecule has 0 unspecified atom stereocenters. The fraction of sp³-hybridized carbons (Fsp3) is 0.0500. The van der Waals surface area contributed by atoms with Crippen LogP contribution in [0.2, 0.25) is 0 Å². The van der Waals surface area contributed by atoms with Crippen molar-refractivity contribution in [1.82, 2.24) is 9.78 Å². The summed E-state index contributed by atoms with van der Waals surface area (Å²) in [5, 5.41) is 4.26. The lowest BCUT2D eigenvalue weighted by Gasteiger charge is -2.01. The molecular weight excluding hydrogens is 316 g/mol. The Labute approximate surface area is 145 Å². The maximum atomic E-state index is 11.9. The number of esters is 1. The van der Waals surface area contributed by atoms with Crippen LogP contribution in [0.5, 0.6) is 5.75 Å². The second-order valence-electron chi connectivity index (χ2n) is 5.39. The number of aromatic nitrogens is 2. The van der Waals surface area contributed by atoms with Crippen molar-refractivity contribution in [2.75, 3.05) is 0 Å². The van der Waals surface area contributed by atoms with Crippen molar-refractivity contribution < 1.29 is 14.3 Å². The zero-order valence-corrected chi connectivity index (χ0v) is 13.6. The maximum Gasteiger partial charge on any atom is 0.336 e. The SMILES string of the molecule is CC(=O)c1ccc(OC(=O)/C=C/c2cnn(-c3ccccc3)c2)cc1. The van der Waals surface area contributed by atoms with Crippen molar-refractivity contribution in [3.05, 3.63) is 84.2 Å². The maximum absolute atomic E-state index is 11.9. The van der Waals surface area contributed by atoms with Crippen LogP contribution in [0.1, 0.15) is 22.8 Å². The molecule has 5 nitrogen and oxygen atoms in total. The Morgan fingerprint density at radius 3 is 2.44 bits per heavy atom. The first-order valence-corrected chi connectivity index (χ1v) is 7.73. The monoisotopic (exact) mass is 332 g/mol. The molecule has 25 heavy (non-hydrogen) atoms. The van der Waals surface area contributed by atoms with Crippen LogP contribution in [-0.4, -0.2) is 21.5 Å². The van der Waals surface area contributed by atoms with Crippen LogP contribution in [0.25, 0.3) is 11.8 Å². The van der Waals surface area contributed by atoms with Gasteiger partial charge in [0, 0.05) is 23.4 Å². The molecule has 0 aliphatic rings. The van der Waals surface area contributed by atoms with Crippen molar-refractivity contribution in [2.24, 2.45) is 0 Å². The Balaban J connectivity index is 1.63. The number of benzene rings is 2. The molecule has 0 atom stereocenters. The summed E-state index contributed by atoms with van der Waals surface area (Å²) in [6, 6.07) is 16.1. The molecule has 0 amide bonds. The predicted molar refractivity (Wildman–Crippen MR) is 94.7 cm³/mol. The van der Waals surface area contributed by atoms with E-state index in [0.717, 1.165) is 11.3 Å². The van der Waals surface area contributed by atoms with Gasteiger partial charge in [-0.05, 0) is 49.4 Å². The smallest absolute Gasteiger partial charge is 0.336 e. The van der Waals surface area contributed by atoms with Gasteiger partial charge >= 0.3 is 5.97 Å². The molecule has 0 aliphatic heterocycles. The molecule has 124 valence electrons. The van der Waals surface area contributed by atoms with Crippen molar-refractivity contribution in [2.45, 2.75) is 6.92 Å². The van der Waals surface area contributed by atoms with Crippen LogP contribution in [0.3, 0.4) is 0 Å². The van der Waals surface area contributed by atoms with Crippen molar-refractivity contribution in [3.63, 3.8) is 0 Å². The van der Waals surface area contributed by atoms with Crippen LogP contribution < -0.4 is 4.74 Å². The lowest BCUT2D eigenvalue weighted by Crippen LogP contribution is -2.03. The third-order valence-electron chi connectivity index (χ3n) is 3.51. The molecular formula is C20H16N2O3. The van der Waals surface area contributed by atoms with Crippen molar-refractivity contribution >= 4 is 17.8 Å². The van der Waals surface area contributed by atoms with E-state index in [1.807, 2.05) is 36.5 Å². The van der Waals surface area contributed by atoms with E-state index < -0.39 is 5.97 Å². The molecule has 0 fully saturated rings. The van der Waals surface area contributed by atoms with E-state index >= 15 is 0 Å². The Bertz CT molecular complexity index is 910. The molecule has 0 bridgehead atoms. The summed E-state index contributed by atoms with van der Waals surface area (Å²) in [6.45, 7) is 1.49. The number of ether oxygens (including phenoxy) is 1. The molecule has 0 N–H and O–H groups in total. The minimum atomic E-state index is -0.497. The number of carbonyl (C=O) groups excluding carboxylic acids is 2. The van der Waals surface area contributed by atoms with E-state index in [4.69, 9.17) is 4.74 Å². The number of nitrogens with zero attached hydrogens (tertiary/aromatic N) is 2. The zero-order valence-electron chi connectivity index (χ0n) is 13.6. The summed E-state index contributed by atoms with van der Waals surface area (Å²) in [6.07, 6.45) is 6.46. The number of para-hydroxylation sites is 1. The number of ketones is 1. The van der Waals surface area contributed by atoms with Gasteiger partial charge in [-0.1, -0.05) is 18.2 Å². The molecule has 0 aliphatic carbocycles. The highest BCUT2D eigenvalue weighted by atomic mass is 16.5. The molecule has 0 saturated heterocycles. The van der Waals surface area contributed by atoms with Gasteiger partial charge in [0.2, 0.25) is 0 Å². The summed E-state index contributed by atoms with van der Waals surface area (Å²) < 4.78 is 6.93. The lowest BCUT2D eigenvalue weighted by molar-refractivity contribution is -0.128. The van der Waals surface area contributed by atoms with Gasteiger partial charge in [-0.25, -0.2) is 9.48 Å². The van der Waals surface area contributed by atoms with Crippen LogP contribution >= 0.6 is 0 Å². The number of carbonyl (C=O) groups is 2. The van der Waals surface area contributed by atoms with Crippen molar-refractivity contribution in [3.8, 4) is 11.4 Å². The van der Waals surface area contributed by atoms with Gasteiger partial charge in [0.1, 0.15) is 5.75 Å². The second-order valence-corrected chi connectivity index (χ2v) is 5.39. The highest BCUT2D eigenvalue weighted by Gasteiger charge is 2.04. The van der Waals surface area contributed by atoms with Crippen LogP contribution in [0.15, 0.2) is 73.1 Å². The van der Waals surface area contributed by atoms with Gasteiger partial charge in [0.25, 0.3) is 0 Å². The van der Waals surface area contributed by atoms with Gasteiger partial charge in [-0.2, -0.15) is 5.10 Å². The fourth-order valence-corrected chi connectivity index (χ4v) is 2.22. The average Bonchev–Trinajstić information content (AvgIpc) is 3.10. The van der Waals surface area contributed by atoms with Gasteiger partial charge < -0.3 is 4.74 Å². The fourth-order valence-electron chi connectivity index (χ4n) is 2.22. The van der Waals surface area contributed by atoms with Gasteiger partial charge in [-0.3, -0.25) is 4.79 Å². The van der Waals surface area contributed by atoms with E-state index in [2.05, 4.69) is 5.10 Å². The molecule has 3 aromatic rings. The quantitative estimate of drug-likeness (QED) is 0.309. The first-order valence-electron chi connectivity index (χ1n) is 7.73. The first kappa shape index (κ1) is 16.4. The second kappa shape index (κ2) is 7.40. The minimum absolute atomic E-state index is 0.0341. The molecule has 1 heterocycles. The molecule has 1 aromatic heterocycles. The van der Waals surface area contributed by atoms with Gasteiger partial charge in [0.05, 0.1) is 11.9 Å². The number of hydrogen-bond donors (Lipinski definition) is 0. The van der Waals surface area contributed by atoms with Crippen LogP contribution in [0.4, 0.5) is 0 Å². The van der Waals surface area contributed by atoms with Gasteiger partial charge in [-0.15, -0.1) is 0 Å². The highest BCUT2D eigenvalue weighted by Crippen LogP contribution is 2.13. The Hall–Kier alpha value is -3.47. The van der Waals surface area contributed by atoms with Gasteiger partial charge in [0.15, 0.2) is 5.78 Å². The summed E-state index contributed by atoms with van der Waals surface area (Å²) >= 11 is 0. The predicted octanol–water partition coefficient (Wildman–Crippen LogP) is 3.69. The first-order chi connectivity index (χ1) is 12.1. The van der Waals surface area contributed by atoms with E-state index in [-0.39, 0.29) is 5.78 Å². The third-order valence-corrected chi connectivity index (χ3v) is 3.51. The summed E-state index contributed by atoms with van der Waals surface area (Å²) in [5.41, 5.74) is 2.30. The Morgan fingerprint density at radius 2 is 1.76 bits per heavy atom. The Kier molecular flexibility index (Phi) is 4.85. The van der Waals surface area contributed by atoms with E-state index in [0.29, 0.717) is 11.3 Å². The van der Waals surface area contributed by atoms with E-state index in [1.165, 1.54) is 13.0 Å². The lowest BCUT2D eigenvalue weighted by atomic mass is 10.1. The van der Waals surface area contributed by atoms with E-state index in [1.54, 1.807) is 41.2 Å². The van der Waals surface area contributed by atoms with Crippen LogP contribution in [-0.2, 0) is 4.79 Å². The Morgan fingerprint density at radius 1 is 1.04 bits per heavy atom. The topological polar surface area (TPSA) is 61.2 Å². The minimum Gasteiger partial charge on any atom is -0.423 e. The van der Waals surface area contributed by atoms with E-state index in [9.17, 15) is 9.59 Å². The average molecular weight is 332 g/mol. The summed E-state index contributed by atoms with van der Waals surface area (Å²) in [5.74, 6) is -0.143.